The fourth-order valence-electron chi connectivity index (χ4n) is 1.75. The van der Waals surface area contributed by atoms with Gasteiger partial charge in [0.05, 0.1) is 15.5 Å². The molecule has 1 N–H and O–H groups in total. The van der Waals surface area contributed by atoms with Crippen LogP contribution in [-0.2, 0) is 10.0 Å². The maximum atomic E-state index is 12.5. The number of halogens is 1. The summed E-state index contributed by atoms with van der Waals surface area (Å²) in [5.74, 6) is 0. The van der Waals surface area contributed by atoms with Crippen LogP contribution in [0.3, 0.4) is 0 Å². The third kappa shape index (κ3) is 4.37. The zero-order valence-electron chi connectivity index (χ0n) is 11.9. The summed E-state index contributed by atoms with van der Waals surface area (Å²) in [5, 5.41) is 20.2. The van der Waals surface area contributed by atoms with Gasteiger partial charge in [0, 0.05) is 25.2 Å². The molecule has 1 rings (SSSR count). The molecule has 0 heterocycles. The number of hydrogen-bond donors (Lipinski definition) is 1. The molecule has 0 unspecified atom stereocenters. The summed E-state index contributed by atoms with van der Waals surface area (Å²) < 4.78 is 26.1. The van der Waals surface area contributed by atoms with Crippen LogP contribution in [0.5, 0.6) is 0 Å². The Morgan fingerprint density at radius 2 is 2.00 bits per heavy atom. The Labute approximate surface area is 128 Å². The van der Waals surface area contributed by atoms with Crippen LogP contribution in [0, 0.1) is 10.1 Å². The molecule has 0 aromatic heterocycles. The largest absolute Gasteiger partial charge is 0.389 e. The van der Waals surface area contributed by atoms with Crippen LogP contribution in [0.2, 0.25) is 5.02 Å². The maximum Gasteiger partial charge on any atom is 0.271 e. The Morgan fingerprint density at radius 3 is 2.38 bits per heavy atom. The lowest BCUT2D eigenvalue weighted by Crippen LogP contribution is -2.42. The smallest absolute Gasteiger partial charge is 0.271 e. The number of sulfonamides is 1. The molecule has 0 atom stereocenters. The summed E-state index contributed by atoms with van der Waals surface area (Å²) in [6.07, 6.45) is 0. The highest BCUT2D eigenvalue weighted by Crippen LogP contribution is 2.29. The van der Waals surface area contributed by atoms with E-state index in [1.165, 1.54) is 13.8 Å². The van der Waals surface area contributed by atoms with Crippen LogP contribution in [0.25, 0.3) is 0 Å². The van der Waals surface area contributed by atoms with Crippen molar-refractivity contribution in [3.8, 4) is 0 Å². The van der Waals surface area contributed by atoms with Gasteiger partial charge in [0.15, 0.2) is 0 Å². The Kier molecular flexibility index (Phi) is 5.32. The summed E-state index contributed by atoms with van der Waals surface area (Å²) >= 11 is 5.86. The highest BCUT2D eigenvalue weighted by molar-refractivity contribution is 7.89. The van der Waals surface area contributed by atoms with E-state index >= 15 is 0 Å². The number of rotatable bonds is 6. The van der Waals surface area contributed by atoms with Gasteiger partial charge in [0.1, 0.15) is 4.90 Å². The molecule has 0 spiro atoms. The van der Waals surface area contributed by atoms with Crippen LogP contribution in [0.4, 0.5) is 5.69 Å². The van der Waals surface area contributed by atoms with Gasteiger partial charge in [0.25, 0.3) is 5.69 Å². The fourth-order valence-corrected chi connectivity index (χ4v) is 3.87. The molecule has 118 valence electrons. The Balaban J connectivity index is 3.26. The van der Waals surface area contributed by atoms with Gasteiger partial charge in [0.2, 0.25) is 10.0 Å². The van der Waals surface area contributed by atoms with E-state index in [1.807, 2.05) is 0 Å². The van der Waals surface area contributed by atoms with Crippen LogP contribution >= 0.6 is 11.6 Å². The van der Waals surface area contributed by atoms with Crippen molar-refractivity contribution < 1.29 is 18.4 Å². The molecule has 1 aromatic rings. The van der Waals surface area contributed by atoms with Crippen molar-refractivity contribution in [1.29, 1.82) is 0 Å². The summed E-state index contributed by atoms with van der Waals surface area (Å²) in [6.45, 7) is 4.63. The van der Waals surface area contributed by atoms with E-state index in [0.29, 0.717) is 0 Å². The van der Waals surface area contributed by atoms with E-state index in [4.69, 9.17) is 11.6 Å². The highest BCUT2D eigenvalue weighted by Gasteiger charge is 2.30. The second-order valence-electron chi connectivity index (χ2n) is 5.12. The second-order valence-corrected chi connectivity index (χ2v) is 7.43. The standard InChI is InChI=1S/C12H17ClN2O5S/c1-4-14(8-12(2,3)16)21(19,20)11-6-5-9(15(17)18)7-10(11)13/h5-7,16H,4,8H2,1-3H3. The molecule has 0 fully saturated rings. The van der Waals surface area contributed by atoms with Gasteiger partial charge in [-0.2, -0.15) is 4.31 Å². The molecule has 0 aliphatic rings. The van der Waals surface area contributed by atoms with Crippen molar-refractivity contribution >= 4 is 27.3 Å². The third-order valence-corrected chi connectivity index (χ3v) is 5.06. The average Bonchev–Trinajstić information content (AvgIpc) is 2.34. The van der Waals surface area contributed by atoms with Crippen LogP contribution < -0.4 is 0 Å². The van der Waals surface area contributed by atoms with Gasteiger partial charge in [-0.15, -0.1) is 0 Å². The van der Waals surface area contributed by atoms with Gasteiger partial charge in [-0.3, -0.25) is 10.1 Å². The quantitative estimate of drug-likeness (QED) is 0.632. The van der Waals surface area contributed by atoms with E-state index in [-0.39, 0.29) is 28.7 Å². The van der Waals surface area contributed by atoms with E-state index in [1.54, 1.807) is 6.92 Å². The Morgan fingerprint density at radius 1 is 1.43 bits per heavy atom. The minimum absolute atomic E-state index is 0.112. The number of nitrogens with zero attached hydrogens (tertiary/aromatic N) is 2. The molecule has 0 amide bonds. The van der Waals surface area contributed by atoms with E-state index in [2.05, 4.69) is 0 Å². The predicted octanol–water partition coefficient (Wildman–Crippen LogP) is 2.03. The van der Waals surface area contributed by atoms with E-state index in [0.717, 1.165) is 22.5 Å². The van der Waals surface area contributed by atoms with Crippen molar-refractivity contribution in [2.45, 2.75) is 31.3 Å². The zero-order chi connectivity index (χ0) is 16.4. The fraction of sp³-hybridized carbons (Fsp3) is 0.500. The summed E-state index contributed by atoms with van der Waals surface area (Å²) in [4.78, 5) is 9.77. The molecule has 1 aromatic carbocycles. The maximum absolute atomic E-state index is 12.5. The first-order valence-corrected chi connectivity index (χ1v) is 7.97. The minimum Gasteiger partial charge on any atom is -0.389 e. The van der Waals surface area contributed by atoms with Crippen molar-refractivity contribution in [1.82, 2.24) is 4.31 Å². The number of nitro groups is 1. The third-order valence-electron chi connectivity index (χ3n) is 2.66. The van der Waals surface area contributed by atoms with E-state index in [9.17, 15) is 23.6 Å². The lowest BCUT2D eigenvalue weighted by Gasteiger charge is -2.27. The molecular weight excluding hydrogens is 320 g/mol. The molecule has 0 aliphatic heterocycles. The molecular formula is C12H17ClN2O5S. The summed E-state index contributed by atoms with van der Waals surface area (Å²) in [6, 6.07) is 3.17. The minimum atomic E-state index is -3.94. The van der Waals surface area contributed by atoms with Crippen molar-refractivity contribution in [3.05, 3.63) is 33.3 Å². The summed E-state index contributed by atoms with van der Waals surface area (Å²) in [7, 11) is -3.94. The zero-order valence-corrected chi connectivity index (χ0v) is 13.5. The van der Waals surface area contributed by atoms with Gasteiger partial charge >= 0.3 is 0 Å². The average molecular weight is 337 g/mol. The first-order valence-electron chi connectivity index (χ1n) is 6.15. The Bertz CT molecular complexity index is 640. The van der Waals surface area contributed by atoms with Crippen LogP contribution in [0.1, 0.15) is 20.8 Å². The normalized spacial score (nSPS) is 12.7. The molecule has 21 heavy (non-hydrogen) atoms. The molecule has 0 aliphatic carbocycles. The number of hydrogen-bond acceptors (Lipinski definition) is 5. The first-order chi connectivity index (χ1) is 9.49. The first kappa shape index (κ1) is 17.8. The number of benzene rings is 1. The molecule has 7 nitrogen and oxygen atoms in total. The topological polar surface area (TPSA) is 101 Å². The van der Waals surface area contributed by atoms with Gasteiger partial charge in [-0.25, -0.2) is 8.42 Å². The SMILES string of the molecule is CCN(CC(C)(C)O)S(=O)(=O)c1ccc([N+](=O)[O-])cc1Cl. The van der Waals surface area contributed by atoms with Crippen molar-refractivity contribution in [2.75, 3.05) is 13.1 Å². The lowest BCUT2D eigenvalue weighted by atomic mass is 10.1. The predicted molar refractivity (Wildman–Crippen MR) is 78.8 cm³/mol. The van der Waals surface area contributed by atoms with Crippen LogP contribution in [-0.4, -0.2) is 41.4 Å². The number of likely N-dealkylation sites (N-methyl/N-ethyl adjacent to an activating group) is 1. The molecule has 0 bridgehead atoms. The monoisotopic (exact) mass is 336 g/mol. The Hall–Kier alpha value is -1.22. The molecule has 0 radical (unpaired) electrons. The number of non-ortho nitro benzene ring substituents is 1. The molecule has 9 heteroatoms. The van der Waals surface area contributed by atoms with Gasteiger partial charge < -0.3 is 5.11 Å². The second kappa shape index (κ2) is 6.27. The lowest BCUT2D eigenvalue weighted by molar-refractivity contribution is -0.384. The number of aliphatic hydroxyl groups is 1. The number of nitro benzene ring substituents is 1. The van der Waals surface area contributed by atoms with Gasteiger partial charge in [-0.05, 0) is 19.9 Å². The molecule has 0 saturated carbocycles. The molecule has 0 saturated heterocycles. The summed E-state index contributed by atoms with van der Waals surface area (Å²) in [5.41, 5.74) is -1.50. The highest BCUT2D eigenvalue weighted by atomic mass is 35.5. The van der Waals surface area contributed by atoms with Crippen molar-refractivity contribution in [3.63, 3.8) is 0 Å². The van der Waals surface area contributed by atoms with Crippen LogP contribution in [0.15, 0.2) is 23.1 Å². The van der Waals surface area contributed by atoms with Gasteiger partial charge in [-0.1, -0.05) is 18.5 Å². The van der Waals surface area contributed by atoms with E-state index < -0.39 is 20.5 Å². The van der Waals surface area contributed by atoms with Crippen molar-refractivity contribution in [2.24, 2.45) is 0 Å².